The molecule has 2 heterocycles. The van der Waals surface area contributed by atoms with Crippen LogP contribution in [0.5, 0.6) is 0 Å². The molecule has 80 valence electrons. The molecule has 4 nitrogen and oxygen atoms in total. The lowest BCUT2D eigenvalue weighted by Gasteiger charge is -2.33. The fraction of sp³-hybridized carbons (Fsp3) is 0.455. The highest BCUT2D eigenvalue weighted by Crippen LogP contribution is 2.34. The SMILES string of the molecule is O=C(O)C1(c2ccncc2)CCOCC1. The molecule has 0 aliphatic carbocycles. The predicted molar refractivity (Wildman–Crippen MR) is 53.6 cm³/mol. The first kappa shape index (κ1) is 10.1. The Morgan fingerprint density at radius 2 is 1.93 bits per heavy atom. The molecule has 4 heteroatoms. The van der Waals surface area contributed by atoms with Crippen molar-refractivity contribution in [1.82, 2.24) is 4.98 Å². The van der Waals surface area contributed by atoms with Gasteiger partial charge < -0.3 is 9.84 Å². The molecule has 0 amide bonds. The van der Waals surface area contributed by atoms with Crippen LogP contribution < -0.4 is 0 Å². The number of nitrogens with zero attached hydrogens (tertiary/aromatic N) is 1. The summed E-state index contributed by atoms with van der Waals surface area (Å²) >= 11 is 0. The van der Waals surface area contributed by atoms with Gasteiger partial charge in [0.1, 0.15) is 0 Å². The second kappa shape index (κ2) is 3.98. The molecule has 1 aromatic heterocycles. The summed E-state index contributed by atoms with van der Waals surface area (Å²) in [6.45, 7) is 1.02. The van der Waals surface area contributed by atoms with Crippen LogP contribution >= 0.6 is 0 Å². The minimum Gasteiger partial charge on any atom is -0.481 e. The molecule has 0 atom stereocenters. The third kappa shape index (κ3) is 1.72. The molecule has 1 aliphatic rings. The van der Waals surface area contributed by atoms with Crippen molar-refractivity contribution in [3.8, 4) is 0 Å². The highest BCUT2D eigenvalue weighted by molar-refractivity contribution is 5.81. The van der Waals surface area contributed by atoms with E-state index in [1.807, 2.05) is 0 Å². The van der Waals surface area contributed by atoms with Crippen molar-refractivity contribution in [3.63, 3.8) is 0 Å². The highest BCUT2D eigenvalue weighted by Gasteiger charge is 2.41. The third-order valence-electron chi connectivity index (χ3n) is 2.99. The van der Waals surface area contributed by atoms with E-state index in [2.05, 4.69) is 4.98 Å². The molecular formula is C11H13NO3. The van der Waals surface area contributed by atoms with Crippen molar-refractivity contribution >= 4 is 5.97 Å². The lowest BCUT2D eigenvalue weighted by atomic mass is 9.74. The molecular weight excluding hydrogens is 194 g/mol. The van der Waals surface area contributed by atoms with Crippen LogP contribution in [0.1, 0.15) is 18.4 Å². The van der Waals surface area contributed by atoms with Gasteiger partial charge in [0.25, 0.3) is 0 Å². The number of aromatic nitrogens is 1. The van der Waals surface area contributed by atoms with Crippen LogP contribution in [0, 0.1) is 0 Å². The Labute approximate surface area is 87.9 Å². The monoisotopic (exact) mass is 207 g/mol. The number of carboxylic acids is 1. The molecule has 2 rings (SSSR count). The highest BCUT2D eigenvalue weighted by atomic mass is 16.5. The van der Waals surface area contributed by atoms with Gasteiger partial charge in [-0.2, -0.15) is 0 Å². The van der Waals surface area contributed by atoms with Crippen molar-refractivity contribution in [3.05, 3.63) is 30.1 Å². The van der Waals surface area contributed by atoms with Gasteiger partial charge in [0.05, 0.1) is 5.41 Å². The van der Waals surface area contributed by atoms with Crippen molar-refractivity contribution in [1.29, 1.82) is 0 Å². The van der Waals surface area contributed by atoms with E-state index in [-0.39, 0.29) is 0 Å². The molecule has 15 heavy (non-hydrogen) atoms. The summed E-state index contributed by atoms with van der Waals surface area (Å²) in [6.07, 6.45) is 4.34. The minimum absolute atomic E-state index is 0.509. The number of hydrogen-bond donors (Lipinski definition) is 1. The largest absolute Gasteiger partial charge is 0.481 e. The Kier molecular flexibility index (Phi) is 2.68. The van der Waals surface area contributed by atoms with Gasteiger partial charge in [0.2, 0.25) is 0 Å². The maximum absolute atomic E-state index is 11.4. The van der Waals surface area contributed by atoms with Gasteiger partial charge in [-0.3, -0.25) is 9.78 Å². The molecule has 0 unspecified atom stereocenters. The number of carboxylic acid groups (broad SMARTS) is 1. The average Bonchev–Trinajstić information content (AvgIpc) is 2.31. The number of hydrogen-bond acceptors (Lipinski definition) is 3. The Morgan fingerprint density at radius 3 is 2.47 bits per heavy atom. The second-order valence-electron chi connectivity index (χ2n) is 3.74. The fourth-order valence-electron chi connectivity index (χ4n) is 2.02. The molecule has 0 aromatic carbocycles. The van der Waals surface area contributed by atoms with Crippen LogP contribution in [0.2, 0.25) is 0 Å². The van der Waals surface area contributed by atoms with Crippen molar-refractivity contribution < 1.29 is 14.6 Å². The van der Waals surface area contributed by atoms with Crippen LogP contribution in [-0.2, 0) is 14.9 Å². The molecule has 0 radical (unpaired) electrons. The summed E-state index contributed by atoms with van der Waals surface area (Å²) in [5.41, 5.74) is 0.0505. The maximum Gasteiger partial charge on any atom is 0.314 e. The summed E-state index contributed by atoms with van der Waals surface area (Å²) in [6, 6.07) is 3.55. The van der Waals surface area contributed by atoms with E-state index < -0.39 is 11.4 Å². The molecule has 1 aromatic rings. The van der Waals surface area contributed by atoms with Gasteiger partial charge in [0, 0.05) is 25.6 Å². The predicted octanol–water partition coefficient (Wildman–Crippen LogP) is 1.21. The van der Waals surface area contributed by atoms with Gasteiger partial charge in [-0.25, -0.2) is 0 Å². The smallest absolute Gasteiger partial charge is 0.314 e. The standard InChI is InChI=1S/C11H13NO3/c13-10(14)11(3-7-15-8-4-11)9-1-5-12-6-2-9/h1-2,5-6H,3-4,7-8H2,(H,13,14). The normalized spacial score (nSPS) is 19.7. The molecule has 0 saturated carbocycles. The Balaban J connectivity index is 2.38. The second-order valence-corrected chi connectivity index (χ2v) is 3.74. The third-order valence-corrected chi connectivity index (χ3v) is 2.99. The first-order chi connectivity index (χ1) is 7.26. The van der Waals surface area contributed by atoms with Gasteiger partial charge >= 0.3 is 5.97 Å². The number of carbonyl (C=O) groups is 1. The van der Waals surface area contributed by atoms with E-state index in [9.17, 15) is 9.90 Å². The minimum atomic E-state index is -0.777. The van der Waals surface area contributed by atoms with E-state index >= 15 is 0 Å². The summed E-state index contributed by atoms with van der Waals surface area (Å²) in [7, 11) is 0. The molecule has 1 saturated heterocycles. The molecule has 1 fully saturated rings. The molecule has 0 spiro atoms. The quantitative estimate of drug-likeness (QED) is 0.792. The van der Waals surface area contributed by atoms with Crippen molar-refractivity contribution in [2.24, 2.45) is 0 Å². The van der Waals surface area contributed by atoms with Crippen molar-refractivity contribution in [2.45, 2.75) is 18.3 Å². The van der Waals surface area contributed by atoms with Crippen LogP contribution in [0.25, 0.3) is 0 Å². The van der Waals surface area contributed by atoms with Crippen LogP contribution in [0.3, 0.4) is 0 Å². The average molecular weight is 207 g/mol. The van der Waals surface area contributed by atoms with E-state index in [0.29, 0.717) is 26.1 Å². The van der Waals surface area contributed by atoms with Gasteiger partial charge in [0.15, 0.2) is 0 Å². The first-order valence-electron chi connectivity index (χ1n) is 4.97. The van der Waals surface area contributed by atoms with Crippen LogP contribution in [-0.4, -0.2) is 29.3 Å². The van der Waals surface area contributed by atoms with Crippen molar-refractivity contribution in [2.75, 3.05) is 13.2 Å². The Bertz CT molecular complexity index is 344. The topological polar surface area (TPSA) is 59.4 Å². The first-order valence-corrected chi connectivity index (χ1v) is 4.97. The fourth-order valence-corrected chi connectivity index (χ4v) is 2.02. The zero-order chi connectivity index (χ0) is 10.7. The van der Waals surface area contributed by atoms with Crippen LogP contribution in [0.4, 0.5) is 0 Å². The van der Waals surface area contributed by atoms with E-state index in [1.165, 1.54) is 0 Å². The lowest BCUT2D eigenvalue weighted by molar-refractivity contribution is -0.147. The number of rotatable bonds is 2. The summed E-state index contributed by atoms with van der Waals surface area (Å²) < 4.78 is 5.22. The molecule has 1 N–H and O–H groups in total. The Morgan fingerprint density at radius 1 is 1.33 bits per heavy atom. The number of pyridine rings is 1. The maximum atomic E-state index is 11.4. The number of ether oxygens (including phenoxy) is 1. The molecule has 0 bridgehead atoms. The van der Waals surface area contributed by atoms with Gasteiger partial charge in [-0.05, 0) is 30.5 Å². The zero-order valence-electron chi connectivity index (χ0n) is 8.35. The van der Waals surface area contributed by atoms with E-state index in [1.54, 1.807) is 24.5 Å². The molecule has 1 aliphatic heterocycles. The van der Waals surface area contributed by atoms with Gasteiger partial charge in [-0.1, -0.05) is 0 Å². The lowest BCUT2D eigenvalue weighted by Crippen LogP contribution is -2.41. The van der Waals surface area contributed by atoms with Gasteiger partial charge in [-0.15, -0.1) is 0 Å². The summed E-state index contributed by atoms with van der Waals surface area (Å²) in [4.78, 5) is 15.3. The van der Waals surface area contributed by atoms with Crippen LogP contribution in [0.15, 0.2) is 24.5 Å². The Hall–Kier alpha value is -1.42. The summed E-state index contributed by atoms with van der Waals surface area (Å²) in [5, 5.41) is 9.37. The summed E-state index contributed by atoms with van der Waals surface area (Å²) in [5.74, 6) is -0.767. The van der Waals surface area contributed by atoms with E-state index in [0.717, 1.165) is 5.56 Å². The number of aliphatic carboxylic acids is 1. The van der Waals surface area contributed by atoms with E-state index in [4.69, 9.17) is 4.74 Å². The zero-order valence-corrected chi connectivity index (χ0v) is 8.35.